The van der Waals surface area contributed by atoms with Crippen LogP contribution >= 0.6 is 11.6 Å². The van der Waals surface area contributed by atoms with Crippen LogP contribution in [0.15, 0.2) is 60.8 Å². The number of aryl methyl sites for hydroxylation is 1. The second-order valence-electron chi connectivity index (χ2n) is 14.0. The fraction of sp³-hybridized carbons (Fsp3) is 0.475. The topological polar surface area (TPSA) is 225 Å². The highest BCUT2D eigenvalue weighted by Crippen LogP contribution is 2.23. The monoisotopic (exact) mass is 808 g/mol. The van der Waals surface area contributed by atoms with Gasteiger partial charge in [0.25, 0.3) is 0 Å². The standard InChI is InChI=1S/C40H53ClN8O8/c1-48(27-12-4-3-5-13-27)38(54)31(17-11-22-43-40(42)56)47-36(52)30(21-20-26-25-44-29-15-7-6-14-28(26)29)46-37(53)33-18-8-9-23-49(33)39(55)32(45-34(50)24-41)16-10-19-35(51)57-2/h3-7,12-15,25,30-33,44H,8-11,16-24H2,1-2H3,(H,45,50)(H,46,53)(H,47,52)(H3,42,43,56)/t30-,31-,32-,33-/m0/s1. The number of nitrogens with two attached hydrogens (primary N) is 1. The number of halogens is 1. The normalized spacial score (nSPS) is 15.4. The van der Waals surface area contributed by atoms with Crippen LogP contribution in [0.2, 0.25) is 0 Å². The number of alkyl halides is 1. The number of anilines is 1. The summed E-state index contributed by atoms with van der Waals surface area (Å²) in [6.45, 7) is 0.403. The van der Waals surface area contributed by atoms with Crippen LogP contribution in [0, 0.1) is 0 Å². The minimum absolute atomic E-state index is 0.0282. The molecule has 57 heavy (non-hydrogen) atoms. The Kier molecular flexibility index (Phi) is 17.2. The van der Waals surface area contributed by atoms with Gasteiger partial charge in [-0.1, -0.05) is 36.4 Å². The maximum atomic E-state index is 14.3. The number of fused-ring (bicyclic) bond motifs is 1. The lowest BCUT2D eigenvalue weighted by Gasteiger charge is -2.37. The Hall–Kier alpha value is -5.64. The third kappa shape index (κ3) is 13.0. The number of primary amides is 1. The van der Waals surface area contributed by atoms with Gasteiger partial charge >= 0.3 is 12.0 Å². The number of benzene rings is 2. The molecule has 1 fully saturated rings. The highest BCUT2D eigenvalue weighted by atomic mass is 35.5. The summed E-state index contributed by atoms with van der Waals surface area (Å²) in [5.41, 5.74) is 7.68. The van der Waals surface area contributed by atoms with Crippen molar-refractivity contribution in [1.29, 1.82) is 0 Å². The van der Waals surface area contributed by atoms with Gasteiger partial charge in [0, 0.05) is 49.3 Å². The summed E-state index contributed by atoms with van der Waals surface area (Å²) in [4.78, 5) is 98.0. The van der Waals surface area contributed by atoms with Crippen LogP contribution in [0.5, 0.6) is 0 Å². The zero-order valence-electron chi connectivity index (χ0n) is 32.4. The molecule has 1 aliphatic rings. The van der Waals surface area contributed by atoms with Gasteiger partial charge in [0.15, 0.2) is 0 Å². The minimum atomic E-state index is -1.13. The number of likely N-dealkylation sites (N-methyl/N-ethyl adjacent to an activating group) is 1. The van der Waals surface area contributed by atoms with Gasteiger partial charge < -0.3 is 46.5 Å². The number of urea groups is 1. The molecule has 1 aromatic heterocycles. The van der Waals surface area contributed by atoms with Crippen molar-refractivity contribution in [2.24, 2.45) is 5.73 Å². The number of nitrogens with zero attached hydrogens (tertiary/aromatic N) is 2. The molecule has 1 aliphatic heterocycles. The first kappa shape index (κ1) is 44.1. The molecule has 0 aliphatic carbocycles. The van der Waals surface area contributed by atoms with E-state index in [4.69, 9.17) is 22.1 Å². The molecule has 4 rings (SSSR count). The molecular formula is C40H53ClN8O8. The molecule has 308 valence electrons. The van der Waals surface area contributed by atoms with Gasteiger partial charge in [-0.2, -0.15) is 0 Å². The van der Waals surface area contributed by atoms with Crippen molar-refractivity contribution in [3.8, 4) is 0 Å². The highest BCUT2D eigenvalue weighted by molar-refractivity contribution is 6.27. The van der Waals surface area contributed by atoms with E-state index in [0.29, 0.717) is 37.8 Å². The fourth-order valence-corrected chi connectivity index (χ4v) is 7.02. The van der Waals surface area contributed by atoms with Gasteiger partial charge in [0.05, 0.1) is 7.11 Å². The summed E-state index contributed by atoms with van der Waals surface area (Å²) in [5, 5.41) is 11.9. The number of carbonyl (C=O) groups excluding carboxylic acids is 7. The number of ether oxygens (including phenoxy) is 1. The minimum Gasteiger partial charge on any atom is -0.469 e. The third-order valence-corrected chi connectivity index (χ3v) is 10.3. The molecule has 17 heteroatoms. The fourth-order valence-electron chi connectivity index (χ4n) is 6.95. The van der Waals surface area contributed by atoms with Crippen LogP contribution in [-0.4, -0.2) is 109 Å². The van der Waals surface area contributed by atoms with E-state index in [2.05, 4.69) is 26.3 Å². The molecule has 1 saturated heterocycles. The van der Waals surface area contributed by atoms with E-state index in [-0.39, 0.29) is 51.1 Å². The molecule has 7 amide bonds. The number of H-pyrrole nitrogens is 1. The summed E-state index contributed by atoms with van der Waals surface area (Å²) in [6.07, 6.45) is 4.79. The van der Waals surface area contributed by atoms with E-state index < -0.39 is 65.7 Å². The van der Waals surface area contributed by atoms with Crippen molar-refractivity contribution in [3.05, 3.63) is 66.4 Å². The second kappa shape index (κ2) is 22.2. The molecule has 0 bridgehead atoms. The van der Waals surface area contributed by atoms with Gasteiger partial charge in [-0.3, -0.25) is 28.8 Å². The van der Waals surface area contributed by atoms with Crippen molar-refractivity contribution < 1.29 is 38.3 Å². The Morgan fingerprint density at radius 2 is 1.63 bits per heavy atom. The molecule has 0 spiro atoms. The van der Waals surface area contributed by atoms with E-state index in [9.17, 15) is 33.6 Å². The average Bonchev–Trinajstić information content (AvgIpc) is 3.64. The number of aromatic amines is 1. The molecule has 0 saturated carbocycles. The molecule has 4 atom stereocenters. The number of hydrogen-bond donors (Lipinski definition) is 6. The second-order valence-corrected chi connectivity index (χ2v) is 14.2. The van der Waals surface area contributed by atoms with E-state index in [1.165, 1.54) is 16.9 Å². The molecule has 3 aromatic rings. The van der Waals surface area contributed by atoms with Crippen molar-refractivity contribution in [1.82, 2.24) is 31.2 Å². The SMILES string of the molecule is COC(=O)CCC[C@H](NC(=O)CCl)C(=O)N1CCCC[C@H]1C(=O)N[C@@H](CCc1c[nH]c2ccccc12)C(=O)N[C@@H](CCCNC(N)=O)C(=O)N(C)c1ccccc1. The van der Waals surface area contributed by atoms with Crippen molar-refractivity contribution in [3.63, 3.8) is 0 Å². The van der Waals surface area contributed by atoms with E-state index >= 15 is 0 Å². The molecular weight excluding hydrogens is 756 g/mol. The summed E-state index contributed by atoms with van der Waals surface area (Å²) < 4.78 is 4.71. The number of amides is 7. The van der Waals surface area contributed by atoms with Crippen molar-refractivity contribution in [2.75, 3.05) is 38.0 Å². The van der Waals surface area contributed by atoms with Gasteiger partial charge in [-0.15, -0.1) is 11.6 Å². The zero-order valence-corrected chi connectivity index (χ0v) is 33.1. The number of carbonyl (C=O) groups is 7. The molecule has 2 aromatic carbocycles. The van der Waals surface area contributed by atoms with E-state index in [1.807, 2.05) is 36.5 Å². The summed E-state index contributed by atoms with van der Waals surface area (Å²) in [6, 6.07) is 11.7. The Labute approximate surface area is 336 Å². The molecule has 2 heterocycles. The molecule has 16 nitrogen and oxygen atoms in total. The number of hydrogen-bond acceptors (Lipinski definition) is 8. The van der Waals surface area contributed by atoms with Crippen molar-refractivity contribution in [2.45, 2.75) is 88.4 Å². The maximum Gasteiger partial charge on any atom is 0.312 e. The van der Waals surface area contributed by atoms with Gasteiger partial charge in [-0.25, -0.2) is 4.79 Å². The lowest BCUT2D eigenvalue weighted by atomic mass is 9.97. The van der Waals surface area contributed by atoms with Crippen LogP contribution in [-0.2, 0) is 39.9 Å². The Balaban J connectivity index is 1.59. The lowest BCUT2D eigenvalue weighted by Crippen LogP contribution is -2.60. The van der Waals surface area contributed by atoms with Gasteiger partial charge in [0.1, 0.15) is 30.0 Å². The highest BCUT2D eigenvalue weighted by Gasteiger charge is 2.38. The maximum absolute atomic E-state index is 14.3. The predicted molar refractivity (Wildman–Crippen MR) is 215 cm³/mol. The smallest absolute Gasteiger partial charge is 0.312 e. The number of nitrogens with one attached hydrogen (secondary N) is 5. The van der Waals surface area contributed by atoms with Crippen LogP contribution in [0.4, 0.5) is 10.5 Å². The van der Waals surface area contributed by atoms with Crippen LogP contribution in [0.25, 0.3) is 10.9 Å². The summed E-state index contributed by atoms with van der Waals surface area (Å²) in [5.74, 6) is -3.50. The van der Waals surface area contributed by atoms with E-state index in [0.717, 1.165) is 16.5 Å². The number of methoxy groups -OCH3 is 1. The number of likely N-dealkylation sites (tertiary alicyclic amines) is 1. The molecule has 7 N–H and O–H groups in total. The number of aromatic nitrogens is 1. The van der Waals surface area contributed by atoms with Crippen LogP contribution in [0.3, 0.4) is 0 Å². The Morgan fingerprint density at radius 3 is 2.35 bits per heavy atom. The first-order valence-corrected chi connectivity index (χ1v) is 19.7. The molecule has 0 radical (unpaired) electrons. The summed E-state index contributed by atoms with van der Waals surface area (Å²) in [7, 11) is 2.86. The Bertz CT molecular complexity index is 1860. The quantitative estimate of drug-likeness (QED) is 0.0564. The van der Waals surface area contributed by atoms with Crippen LogP contribution in [0.1, 0.15) is 63.4 Å². The first-order valence-electron chi connectivity index (χ1n) is 19.2. The Morgan fingerprint density at radius 1 is 0.912 bits per heavy atom. The number of para-hydroxylation sites is 2. The van der Waals surface area contributed by atoms with Gasteiger partial charge in [0.2, 0.25) is 29.5 Å². The predicted octanol–water partition coefficient (Wildman–Crippen LogP) is 2.63. The first-order chi connectivity index (χ1) is 27.4. The average molecular weight is 809 g/mol. The molecule has 0 unspecified atom stereocenters. The zero-order chi connectivity index (χ0) is 41.3. The van der Waals surface area contributed by atoms with Gasteiger partial charge in [-0.05, 0) is 81.5 Å². The van der Waals surface area contributed by atoms with E-state index in [1.54, 1.807) is 31.3 Å². The lowest BCUT2D eigenvalue weighted by molar-refractivity contribution is -0.146. The number of esters is 1. The number of rotatable bonds is 20. The van der Waals surface area contributed by atoms with Crippen molar-refractivity contribution >= 4 is 69.7 Å². The third-order valence-electron chi connectivity index (χ3n) is 10.0. The number of piperidine rings is 1. The summed E-state index contributed by atoms with van der Waals surface area (Å²) >= 11 is 5.75. The van der Waals surface area contributed by atoms with Crippen LogP contribution < -0.4 is 31.9 Å². The largest absolute Gasteiger partial charge is 0.469 e.